The van der Waals surface area contributed by atoms with Crippen LogP contribution in [0.15, 0.2) is 64.2 Å². The number of halogens is 2. The normalized spacial score (nSPS) is 24.8. The summed E-state index contributed by atoms with van der Waals surface area (Å²) in [5, 5.41) is 11.9. The first-order chi connectivity index (χ1) is 22.3. The van der Waals surface area contributed by atoms with Gasteiger partial charge in [0.2, 0.25) is 18.0 Å². The summed E-state index contributed by atoms with van der Waals surface area (Å²) in [6, 6.07) is 18.1. The maximum Gasteiger partial charge on any atom is 0.220 e. The number of hydrogen-bond acceptors (Lipinski definition) is 7. The van der Waals surface area contributed by atoms with Crippen molar-refractivity contribution in [2.75, 3.05) is 5.32 Å². The van der Waals surface area contributed by atoms with Crippen LogP contribution in [0, 0.1) is 5.92 Å². The van der Waals surface area contributed by atoms with Crippen molar-refractivity contribution in [1.82, 2.24) is 20.6 Å². The van der Waals surface area contributed by atoms with Crippen molar-refractivity contribution in [3.63, 3.8) is 0 Å². The summed E-state index contributed by atoms with van der Waals surface area (Å²) in [5.74, 6) is 2.04. The van der Waals surface area contributed by atoms with Gasteiger partial charge in [-0.25, -0.2) is 4.98 Å². The zero-order valence-electron chi connectivity index (χ0n) is 24.8. The van der Waals surface area contributed by atoms with Crippen LogP contribution in [0.4, 0.5) is 5.69 Å². The second-order valence-corrected chi connectivity index (χ2v) is 13.6. The fourth-order valence-electron chi connectivity index (χ4n) is 7.97. The number of H-pyrrole nitrogens is 1. The van der Waals surface area contributed by atoms with Crippen LogP contribution in [0.5, 0.6) is 5.75 Å². The number of nitrogens with zero attached hydrogens (tertiary/aromatic N) is 1. The molecule has 7 heterocycles. The minimum atomic E-state index is -0.937. The SMILES string of the molecule is CC(C)C1NC(=O)CCc2ccc3c(c2)[C@]24c5cccc(c5NC2O3)-c2cccc3[nH]c(Cl)c(c23)C2=C(Cl)NC(O2)c2nc1oc24. The number of carbonyl (C=O) groups is 1. The average molecular weight is 653 g/mol. The van der Waals surface area contributed by atoms with Gasteiger partial charge in [0, 0.05) is 39.7 Å². The molecule has 11 heteroatoms. The first-order valence-electron chi connectivity index (χ1n) is 15.5. The van der Waals surface area contributed by atoms with E-state index < -0.39 is 23.9 Å². The highest BCUT2D eigenvalue weighted by molar-refractivity contribution is 6.36. The van der Waals surface area contributed by atoms with Gasteiger partial charge >= 0.3 is 0 Å². The molecule has 4 atom stereocenters. The van der Waals surface area contributed by atoms with Crippen molar-refractivity contribution >= 4 is 51.5 Å². The minimum absolute atomic E-state index is 0.00777. The number of aromatic amines is 1. The molecule has 5 aliphatic heterocycles. The highest BCUT2D eigenvalue weighted by atomic mass is 35.5. The fraction of sp³-hybridized carbons (Fsp3) is 0.257. The Bertz CT molecular complexity index is 2220. The summed E-state index contributed by atoms with van der Waals surface area (Å²) in [7, 11) is 0. The molecular weight excluding hydrogens is 625 g/mol. The smallest absolute Gasteiger partial charge is 0.220 e. The maximum absolute atomic E-state index is 13.2. The largest absolute Gasteiger partial charge is 0.469 e. The average Bonchev–Trinajstić information content (AvgIpc) is 3.83. The second-order valence-electron chi connectivity index (χ2n) is 12.9. The van der Waals surface area contributed by atoms with Gasteiger partial charge in [0.1, 0.15) is 33.2 Å². The van der Waals surface area contributed by atoms with Crippen LogP contribution < -0.4 is 20.7 Å². The molecule has 4 N–H and O–H groups in total. The molecule has 5 aromatic rings. The molecule has 2 aromatic heterocycles. The molecule has 0 aliphatic carbocycles. The number of carbonyl (C=O) groups excluding carboxylic acids is 1. The van der Waals surface area contributed by atoms with Gasteiger partial charge < -0.3 is 34.8 Å². The first kappa shape index (κ1) is 26.6. The number of aromatic nitrogens is 2. The molecule has 10 rings (SSSR count). The van der Waals surface area contributed by atoms with E-state index in [2.05, 4.69) is 51.3 Å². The molecule has 1 spiro atoms. The number of para-hydroxylation sites is 1. The maximum atomic E-state index is 13.2. The van der Waals surface area contributed by atoms with E-state index in [1.165, 1.54) is 0 Å². The number of fused-ring (bicyclic) bond motifs is 7. The molecule has 1 amide bonds. The Labute approximate surface area is 273 Å². The zero-order valence-corrected chi connectivity index (χ0v) is 26.3. The van der Waals surface area contributed by atoms with Gasteiger partial charge in [-0.15, -0.1) is 0 Å². The standard InChI is InChI=1S/C35H27Cl2N5O4/c1-14(2)25-32-40-27-29(46-32)35-18-7-3-6-17(16-5-4-8-20-23(16)24(30(36)38-20)28-31(37)42-33(27)45-28)26(18)41-34(35)44-21-11-9-15(13-19(21)35)10-12-22(43)39-25/h3-9,11,13-14,25,33-34,38,41-42H,10,12H2,1-2H3,(H,39,43)/t25?,33?,34?,35-/m0/s1. The quantitative estimate of drug-likeness (QED) is 0.142. The van der Waals surface area contributed by atoms with Crippen molar-refractivity contribution in [3.8, 4) is 16.9 Å². The third kappa shape index (κ3) is 3.26. The van der Waals surface area contributed by atoms with Crippen LogP contribution in [0.25, 0.3) is 27.8 Å². The van der Waals surface area contributed by atoms with Crippen LogP contribution in [-0.2, 0) is 21.4 Å². The van der Waals surface area contributed by atoms with E-state index in [1.54, 1.807) is 0 Å². The van der Waals surface area contributed by atoms with E-state index in [9.17, 15) is 4.79 Å². The summed E-state index contributed by atoms with van der Waals surface area (Å²) in [6.45, 7) is 4.08. The highest BCUT2D eigenvalue weighted by Gasteiger charge is 2.62. The number of benzene rings is 3. The molecule has 10 bridgehead atoms. The third-order valence-corrected chi connectivity index (χ3v) is 10.6. The van der Waals surface area contributed by atoms with Crippen LogP contribution in [0.2, 0.25) is 5.15 Å². The monoisotopic (exact) mass is 651 g/mol. The Kier molecular flexibility index (Phi) is 5.21. The number of anilines is 1. The van der Waals surface area contributed by atoms with E-state index in [-0.39, 0.29) is 11.8 Å². The summed E-state index contributed by atoms with van der Waals surface area (Å²) in [5.41, 5.74) is 6.95. The summed E-state index contributed by atoms with van der Waals surface area (Å²) in [6.07, 6.45) is -0.454. The molecular formula is C35H27Cl2N5O4. The Hall–Kier alpha value is -4.60. The van der Waals surface area contributed by atoms with Crippen LogP contribution in [-0.4, -0.2) is 22.1 Å². The number of amides is 1. The predicted molar refractivity (Wildman–Crippen MR) is 173 cm³/mol. The van der Waals surface area contributed by atoms with Gasteiger partial charge in [0.15, 0.2) is 17.7 Å². The van der Waals surface area contributed by atoms with Gasteiger partial charge in [-0.05, 0) is 35.6 Å². The van der Waals surface area contributed by atoms with Crippen molar-refractivity contribution in [1.29, 1.82) is 0 Å². The van der Waals surface area contributed by atoms with Crippen LogP contribution >= 0.6 is 23.2 Å². The number of ether oxygens (including phenoxy) is 2. The number of aryl methyl sites for hydroxylation is 1. The lowest BCUT2D eigenvalue weighted by molar-refractivity contribution is -0.122. The minimum Gasteiger partial charge on any atom is -0.469 e. The van der Waals surface area contributed by atoms with Crippen molar-refractivity contribution in [2.45, 2.75) is 50.6 Å². The Balaban J connectivity index is 1.37. The van der Waals surface area contributed by atoms with Gasteiger partial charge in [-0.3, -0.25) is 4.79 Å². The lowest BCUT2D eigenvalue weighted by Crippen LogP contribution is -2.41. The van der Waals surface area contributed by atoms with Gasteiger partial charge in [-0.1, -0.05) is 79.5 Å². The highest BCUT2D eigenvalue weighted by Crippen LogP contribution is 2.61. The van der Waals surface area contributed by atoms with E-state index in [0.717, 1.165) is 50.2 Å². The molecule has 0 fully saturated rings. The molecule has 0 saturated heterocycles. The number of rotatable bonds is 1. The molecule has 46 heavy (non-hydrogen) atoms. The van der Waals surface area contributed by atoms with E-state index >= 15 is 0 Å². The third-order valence-electron chi connectivity index (χ3n) is 10.0. The lowest BCUT2D eigenvalue weighted by atomic mass is 9.72. The van der Waals surface area contributed by atoms with E-state index in [1.807, 2.05) is 38.1 Å². The molecule has 3 unspecified atom stereocenters. The molecule has 0 saturated carbocycles. The molecule has 230 valence electrons. The second kappa shape index (κ2) is 9.02. The first-order valence-corrected chi connectivity index (χ1v) is 16.2. The van der Waals surface area contributed by atoms with Crippen molar-refractivity contribution in [3.05, 3.63) is 105 Å². The molecule has 0 radical (unpaired) electrons. The number of oxazole rings is 1. The van der Waals surface area contributed by atoms with Crippen LogP contribution in [0.3, 0.4) is 0 Å². The van der Waals surface area contributed by atoms with Gasteiger partial charge in [-0.2, -0.15) is 0 Å². The molecule has 3 aromatic carbocycles. The topological polar surface area (TPSA) is 113 Å². The van der Waals surface area contributed by atoms with Crippen LogP contribution in [0.1, 0.15) is 72.1 Å². The molecule has 9 nitrogen and oxygen atoms in total. The number of nitrogens with one attached hydrogen (secondary N) is 4. The molecule has 5 aliphatic rings. The fourth-order valence-corrected chi connectivity index (χ4v) is 8.49. The summed E-state index contributed by atoms with van der Waals surface area (Å²) < 4.78 is 20.4. The van der Waals surface area contributed by atoms with Gasteiger partial charge in [0.25, 0.3) is 0 Å². The van der Waals surface area contributed by atoms with E-state index in [4.69, 9.17) is 42.1 Å². The Morgan fingerprint density at radius 1 is 0.957 bits per heavy atom. The predicted octanol–water partition coefficient (Wildman–Crippen LogP) is 7.21. The van der Waals surface area contributed by atoms with E-state index in [0.29, 0.717) is 51.8 Å². The van der Waals surface area contributed by atoms with Crippen molar-refractivity contribution in [2.24, 2.45) is 5.92 Å². The summed E-state index contributed by atoms with van der Waals surface area (Å²) >= 11 is 13.9. The Morgan fingerprint density at radius 2 is 1.80 bits per heavy atom. The lowest BCUT2D eigenvalue weighted by Gasteiger charge is -2.29. The zero-order chi connectivity index (χ0) is 31.1. The van der Waals surface area contributed by atoms with Gasteiger partial charge in [0.05, 0.1) is 5.56 Å². The number of hydrogen-bond donors (Lipinski definition) is 4. The van der Waals surface area contributed by atoms with Crippen molar-refractivity contribution < 1.29 is 18.7 Å². The summed E-state index contributed by atoms with van der Waals surface area (Å²) in [4.78, 5) is 21.7. The Morgan fingerprint density at radius 3 is 2.67 bits per heavy atom.